The topological polar surface area (TPSA) is 73.0 Å². The van der Waals surface area contributed by atoms with Crippen LogP contribution in [0.15, 0.2) is 0 Å². The zero-order valence-corrected chi connectivity index (χ0v) is 12.5. The van der Waals surface area contributed by atoms with Crippen molar-refractivity contribution in [3.63, 3.8) is 0 Å². The Morgan fingerprint density at radius 3 is 2.47 bits per heavy atom. The Bertz CT molecular complexity index is 518. The van der Waals surface area contributed by atoms with Crippen LogP contribution in [0.3, 0.4) is 0 Å². The zero-order valence-electron chi connectivity index (χ0n) is 10.1. The molecule has 0 unspecified atom stereocenters. The second kappa shape index (κ2) is 5.41. The molecule has 1 rings (SSSR count). The number of thiocarbonyl (C=S) groups is 1. The largest absolute Gasteiger partial charge is 0.389 e. The van der Waals surface area contributed by atoms with Gasteiger partial charge >= 0.3 is 0 Å². The van der Waals surface area contributed by atoms with Crippen LogP contribution in [0.25, 0.3) is 0 Å². The third-order valence-corrected chi connectivity index (χ3v) is 6.10. The van der Waals surface area contributed by atoms with Gasteiger partial charge in [0.15, 0.2) is 9.84 Å². The van der Waals surface area contributed by atoms with Crippen molar-refractivity contribution >= 4 is 38.4 Å². The number of rotatable bonds is 5. The van der Waals surface area contributed by atoms with E-state index in [1.54, 1.807) is 13.8 Å². The first kappa shape index (κ1) is 14.5. The zero-order chi connectivity index (χ0) is 13.2. The molecule has 7 heteroatoms. The molecular weight excluding hydrogens is 276 g/mol. The number of nitrogens with two attached hydrogens (primary N) is 1. The van der Waals surface area contributed by atoms with Crippen molar-refractivity contribution in [3.8, 4) is 0 Å². The summed E-state index contributed by atoms with van der Waals surface area (Å²) >= 11 is 6.20. The molecule has 0 bridgehead atoms. The molecule has 0 saturated heterocycles. The molecule has 0 radical (unpaired) electrons. The second-order valence-electron chi connectivity index (χ2n) is 3.96. The number of thiazole rings is 1. The van der Waals surface area contributed by atoms with E-state index in [2.05, 4.69) is 4.98 Å². The van der Waals surface area contributed by atoms with Crippen molar-refractivity contribution in [1.29, 1.82) is 0 Å². The van der Waals surface area contributed by atoms with Crippen molar-refractivity contribution in [2.24, 2.45) is 5.73 Å². The van der Waals surface area contributed by atoms with Gasteiger partial charge in [-0.15, -0.1) is 11.3 Å². The summed E-state index contributed by atoms with van der Waals surface area (Å²) in [6.07, 6.45) is 0.699. The quantitative estimate of drug-likeness (QED) is 0.836. The predicted molar refractivity (Wildman–Crippen MR) is 75.1 cm³/mol. The third-order valence-electron chi connectivity index (χ3n) is 2.34. The first-order chi connectivity index (χ1) is 7.77. The monoisotopic (exact) mass is 292 g/mol. The van der Waals surface area contributed by atoms with Gasteiger partial charge in [0.1, 0.15) is 15.7 Å². The molecule has 0 aliphatic rings. The van der Waals surface area contributed by atoms with Crippen LogP contribution < -0.4 is 5.73 Å². The summed E-state index contributed by atoms with van der Waals surface area (Å²) in [5.74, 6) is -0.0368. The van der Waals surface area contributed by atoms with E-state index in [-0.39, 0.29) is 10.7 Å². The lowest BCUT2D eigenvalue weighted by Gasteiger charge is -2.04. The minimum atomic E-state index is -3.12. The molecule has 1 aromatic rings. The average Bonchev–Trinajstić information content (AvgIpc) is 2.60. The minimum absolute atomic E-state index is 0.0368. The van der Waals surface area contributed by atoms with E-state index in [9.17, 15) is 8.42 Å². The summed E-state index contributed by atoms with van der Waals surface area (Å²) in [7, 11) is -3.12. The number of aromatic nitrogens is 1. The average molecular weight is 292 g/mol. The normalized spacial score (nSPS) is 12.0. The summed E-state index contributed by atoms with van der Waals surface area (Å²) in [6, 6.07) is 0. The molecule has 0 aliphatic heterocycles. The molecule has 0 fully saturated rings. The maximum atomic E-state index is 11.8. The van der Waals surface area contributed by atoms with Crippen LogP contribution >= 0.6 is 23.6 Å². The summed E-state index contributed by atoms with van der Waals surface area (Å²) in [4.78, 5) is 5.31. The summed E-state index contributed by atoms with van der Waals surface area (Å²) in [5.41, 5.74) is 6.37. The van der Waals surface area contributed by atoms with Crippen LogP contribution in [0.4, 0.5) is 0 Å². The maximum absolute atomic E-state index is 11.8. The molecule has 0 aromatic carbocycles. The van der Waals surface area contributed by atoms with Gasteiger partial charge in [0.05, 0.1) is 15.8 Å². The van der Waals surface area contributed by atoms with Crippen LogP contribution in [-0.4, -0.2) is 23.6 Å². The van der Waals surface area contributed by atoms with E-state index >= 15 is 0 Å². The number of hydrogen-bond donors (Lipinski definition) is 1. The highest BCUT2D eigenvalue weighted by Crippen LogP contribution is 2.22. The van der Waals surface area contributed by atoms with Crippen LogP contribution in [-0.2, 0) is 22.0 Å². The van der Waals surface area contributed by atoms with E-state index in [0.29, 0.717) is 11.4 Å². The Balaban J connectivity index is 3.06. The van der Waals surface area contributed by atoms with Gasteiger partial charge in [0.2, 0.25) is 0 Å². The van der Waals surface area contributed by atoms with Gasteiger partial charge in [-0.05, 0) is 20.3 Å². The number of hydrogen-bond acceptors (Lipinski definition) is 5. The SMILES string of the molecule is CCc1nc(CS(=O)(=O)C(C)C)sc1C(N)=S. The van der Waals surface area contributed by atoms with Crippen LogP contribution in [0.1, 0.15) is 36.3 Å². The Labute approximate surface area is 111 Å². The van der Waals surface area contributed by atoms with E-state index in [1.165, 1.54) is 11.3 Å². The molecule has 0 spiro atoms. The fourth-order valence-corrected chi connectivity index (χ4v) is 3.75. The van der Waals surface area contributed by atoms with E-state index < -0.39 is 15.1 Å². The molecule has 2 N–H and O–H groups in total. The second-order valence-corrected chi connectivity index (χ2v) is 8.04. The summed E-state index contributed by atoms with van der Waals surface area (Å²) in [5, 5.41) is 0.170. The molecule has 0 aliphatic carbocycles. The van der Waals surface area contributed by atoms with Gasteiger partial charge in [0.25, 0.3) is 0 Å². The fraction of sp³-hybridized carbons (Fsp3) is 0.600. The molecule has 1 heterocycles. The van der Waals surface area contributed by atoms with Gasteiger partial charge in [-0.3, -0.25) is 0 Å². The number of aryl methyl sites for hydroxylation is 1. The smallest absolute Gasteiger partial charge is 0.159 e. The van der Waals surface area contributed by atoms with Crippen LogP contribution in [0, 0.1) is 0 Å². The Kier molecular flexibility index (Phi) is 4.62. The van der Waals surface area contributed by atoms with Gasteiger partial charge in [-0.25, -0.2) is 13.4 Å². The molecule has 1 aromatic heterocycles. The van der Waals surface area contributed by atoms with E-state index in [4.69, 9.17) is 18.0 Å². The lowest BCUT2D eigenvalue weighted by atomic mass is 10.3. The van der Waals surface area contributed by atoms with Crippen molar-refractivity contribution < 1.29 is 8.42 Å². The van der Waals surface area contributed by atoms with E-state index in [0.717, 1.165) is 10.6 Å². The standard InChI is InChI=1S/C10H16N2O2S3/c1-4-7-9(10(11)15)16-8(12-7)5-17(13,14)6(2)3/h6H,4-5H2,1-3H3,(H2,11,15). The van der Waals surface area contributed by atoms with E-state index in [1.807, 2.05) is 6.92 Å². The van der Waals surface area contributed by atoms with Crippen molar-refractivity contribution in [2.45, 2.75) is 38.2 Å². The molecule has 4 nitrogen and oxygen atoms in total. The van der Waals surface area contributed by atoms with Crippen LogP contribution in [0.2, 0.25) is 0 Å². The first-order valence-electron chi connectivity index (χ1n) is 5.27. The Morgan fingerprint density at radius 2 is 2.12 bits per heavy atom. The number of nitrogens with zero attached hydrogens (tertiary/aromatic N) is 1. The summed E-state index contributed by atoms with van der Waals surface area (Å²) < 4.78 is 23.6. The minimum Gasteiger partial charge on any atom is -0.389 e. The lowest BCUT2D eigenvalue weighted by Crippen LogP contribution is -2.15. The first-order valence-corrected chi connectivity index (χ1v) is 8.22. The molecule has 0 amide bonds. The number of sulfone groups is 1. The Morgan fingerprint density at radius 1 is 1.53 bits per heavy atom. The highest BCUT2D eigenvalue weighted by atomic mass is 32.2. The molecule has 96 valence electrons. The molecule has 17 heavy (non-hydrogen) atoms. The van der Waals surface area contributed by atoms with Crippen LogP contribution in [0.5, 0.6) is 0 Å². The maximum Gasteiger partial charge on any atom is 0.159 e. The lowest BCUT2D eigenvalue weighted by molar-refractivity contribution is 0.586. The van der Waals surface area contributed by atoms with Gasteiger partial charge in [-0.1, -0.05) is 19.1 Å². The fourth-order valence-electron chi connectivity index (χ4n) is 1.23. The van der Waals surface area contributed by atoms with Crippen molar-refractivity contribution in [2.75, 3.05) is 0 Å². The van der Waals surface area contributed by atoms with Gasteiger partial charge in [0, 0.05) is 0 Å². The molecule has 0 atom stereocenters. The highest BCUT2D eigenvalue weighted by Gasteiger charge is 2.21. The predicted octanol–water partition coefficient (Wildman–Crippen LogP) is 1.66. The van der Waals surface area contributed by atoms with Gasteiger partial charge < -0.3 is 5.73 Å². The van der Waals surface area contributed by atoms with Crippen molar-refractivity contribution in [3.05, 3.63) is 15.6 Å². The highest BCUT2D eigenvalue weighted by molar-refractivity contribution is 7.91. The molecular formula is C10H16N2O2S3. The molecule has 0 saturated carbocycles. The Hall–Kier alpha value is -0.530. The third kappa shape index (κ3) is 3.46. The summed E-state index contributed by atoms with van der Waals surface area (Å²) in [6.45, 7) is 5.27. The van der Waals surface area contributed by atoms with Crippen molar-refractivity contribution in [1.82, 2.24) is 4.98 Å². The van der Waals surface area contributed by atoms with Gasteiger partial charge in [-0.2, -0.15) is 0 Å².